The summed E-state index contributed by atoms with van der Waals surface area (Å²) >= 11 is 0. The Balaban J connectivity index is 1.55. The maximum atomic E-state index is 12.6. The van der Waals surface area contributed by atoms with Gasteiger partial charge in [0.15, 0.2) is 0 Å². The van der Waals surface area contributed by atoms with Crippen LogP contribution in [0.1, 0.15) is 11.7 Å². The van der Waals surface area contributed by atoms with E-state index in [2.05, 4.69) is 14.5 Å². The van der Waals surface area contributed by atoms with Crippen LogP contribution < -0.4 is 20.1 Å². The van der Waals surface area contributed by atoms with Crippen molar-refractivity contribution in [2.24, 2.45) is 10.7 Å². The van der Waals surface area contributed by atoms with Crippen LogP contribution in [-0.2, 0) is 10.0 Å². The van der Waals surface area contributed by atoms with Crippen LogP contribution in [0.3, 0.4) is 0 Å². The number of furan rings is 1. The Morgan fingerprint density at radius 1 is 1.10 bits per heavy atom. The van der Waals surface area contributed by atoms with Crippen molar-refractivity contribution in [1.82, 2.24) is 0 Å². The predicted molar refractivity (Wildman–Crippen MR) is 107 cm³/mol. The number of nitrogens with zero attached hydrogens (tertiary/aromatic N) is 2. The number of benzene rings is 2. The average molecular weight is 452 g/mol. The molecule has 2 aromatic carbocycles. The molecule has 0 radical (unpaired) electrons. The number of ether oxygens (including phenoxy) is 1. The summed E-state index contributed by atoms with van der Waals surface area (Å²) in [7, 11) is -4.35. The molecular weight excluding hydrogens is 437 g/mol. The second kappa shape index (κ2) is 7.63. The fourth-order valence-electron chi connectivity index (χ4n) is 3.00. The van der Waals surface area contributed by atoms with E-state index in [9.17, 15) is 21.6 Å². The first kappa shape index (κ1) is 20.8. The first-order chi connectivity index (χ1) is 14.6. The number of nitrogens with one attached hydrogen (secondary N) is 1. The number of fused-ring (bicyclic) bond motifs is 1. The zero-order chi connectivity index (χ0) is 22.2. The van der Waals surface area contributed by atoms with Gasteiger partial charge in [-0.3, -0.25) is 4.72 Å². The van der Waals surface area contributed by atoms with Crippen LogP contribution in [0.25, 0.3) is 0 Å². The predicted octanol–water partition coefficient (Wildman–Crippen LogP) is 4.12. The van der Waals surface area contributed by atoms with Gasteiger partial charge in [-0.2, -0.15) is 0 Å². The molecule has 3 N–H and O–H groups in total. The monoisotopic (exact) mass is 452 g/mol. The summed E-state index contributed by atoms with van der Waals surface area (Å²) in [6.45, 7) is 0. The molecule has 1 aliphatic rings. The molecule has 1 aliphatic heterocycles. The van der Waals surface area contributed by atoms with Gasteiger partial charge in [0, 0.05) is 11.4 Å². The molecule has 1 aromatic heterocycles. The zero-order valence-corrected chi connectivity index (χ0v) is 16.4. The molecule has 1 atom stereocenters. The SMILES string of the molecule is NC1c2ccoc2N=CN1c1ccc(NS(=O)(=O)c2ccccc2OC(F)(F)F)cc1. The number of aliphatic imine (C=N–C) groups is 1. The van der Waals surface area contributed by atoms with Crippen LogP contribution in [0.4, 0.5) is 30.4 Å². The van der Waals surface area contributed by atoms with Crippen LogP contribution in [0.5, 0.6) is 5.75 Å². The van der Waals surface area contributed by atoms with E-state index in [1.807, 2.05) is 0 Å². The van der Waals surface area contributed by atoms with Crippen molar-refractivity contribution in [2.75, 3.05) is 9.62 Å². The number of hydrogen-bond donors (Lipinski definition) is 2. The summed E-state index contributed by atoms with van der Waals surface area (Å²) < 4.78 is 74.3. The van der Waals surface area contributed by atoms with Gasteiger partial charge in [-0.05, 0) is 42.5 Å². The van der Waals surface area contributed by atoms with E-state index in [1.165, 1.54) is 36.9 Å². The minimum Gasteiger partial charge on any atom is -0.446 e. The molecule has 2 heterocycles. The average Bonchev–Trinajstić information content (AvgIpc) is 3.18. The van der Waals surface area contributed by atoms with Gasteiger partial charge in [-0.1, -0.05) is 12.1 Å². The van der Waals surface area contributed by atoms with E-state index in [0.29, 0.717) is 17.1 Å². The zero-order valence-electron chi connectivity index (χ0n) is 15.6. The summed E-state index contributed by atoms with van der Waals surface area (Å²) in [6, 6.07) is 12.3. The Hall–Kier alpha value is -3.51. The molecule has 8 nitrogen and oxygen atoms in total. The fraction of sp³-hybridized carbons (Fsp3) is 0.105. The molecule has 0 amide bonds. The second-order valence-electron chi connectivity index (χ2n) is 6.42. The van der Waals surface area contributed by atoms with Crippen molar-refractivity contribution >= 4 is 33.6 Å². The molecule has 12 heteroatoms. The summed E-state index contributed by atoms with van der Waals surface area (Å²) in [5, 5.41) is 0. The van der Waals surface area contributed by atoms with Crippen molar-refractivity contribution in [3.05, 3.63) is 66.4 Å². The quantitative estimate of drug-likeness (QED) is 0.603. The third-order valence-corrected chi connectivity index (χ3v) is 5.79. The Kier molecular flexibility index (Phi) is 5.11. The Morgan fingerprint density at radius 3 is 2.52 bits per heavy atom. The molecular formula is C19H15F3N4O4S. The summed E-state index contributed by atoms with van der Waals surface area (Å²) in [5.41, 5.74) is 7.65. The van der Waals surface area contributed by atoms with Crippen LogP contribution in [0.15, 0.2) is 75.2 Å². The molecule has 4 rings (SSSR count). The molecule has 0 bridgehead atoms. The van der Waals surface area contributed by atoms with E-state index < -0.39 is 33.2 Å². The highest BCUT2D eigenvalue weighted by Gasteiger charge is 2.34. The lowest BCUT2D eigenvalue weighted by Gasteiger charge is -2.29. The lowest BCUT2D eigenvalue weighted by atomic mass is 10.2. The van der Waals surface area contributed by atoms with Crippen molar-refractivity contribution in [2.45, 2.75) is 17.4 Å². The number of sulfonamides is 1. The smallest absolute Gasteiger partial charge is 0.446 e. The van der Waals surface area contributed by atoms with Gasteiger partial charge in [0.05, 0.1) is 11.8 Å². The van der Waals surface area contributed by atoms with Crippen LogP contribution >= 0.6 is 0 Å². The molecule has 162 valence electrons. The molecule has 0 aliphatic carbocycles. The highest BCUT2D eigenvalue weighted by molar-refractivity contribution is 7.92. The van der Waals surface area contributed by atoms with Gasteiger partial charge < -0.3 is 19.8 Å². The van der Waals surface area contributed by atoms with Crippen LogP contribution in [0.2, 0.25) is 0 Å². The number of nitrogens with two attached hydrogens (primary N) is 1. The Bertz CT molecular complexity index is 1220. The molecule has 0 fully saturated rings. The summed E-state index contributed by atoms with van der Waals surface area (Å²) in [5.74, 6) is -0.418. The van der Waals surface area contributed by atoms with Gasteiger partial charge in [0.2, 0.25) is 5.88 Å². The first-order valence-corrected chi connectivity index (χ1v) is 10.3. The molecule has 0 spiro atoms. The van der Waals surface area contributed by atoms with Crippen molar-refractivity contribution in [3.8, 4) is 5.75 Å². The molecule has 3 aromatic rings. The van der Waals surface area contributed by atoms with E-state index in [4.69, 9.17) is 10.2 Å². The number of para-hydroxylation sites is 1. The molecule has 0 saturated heterocycles. The van der Waals surface area contributed by atoms with E-state index in [1.54, 1.807) is 23.1 Å². The van der Waals surface area contributed by atoms with Crippen molar-refractivity contribution in [3.63, 3.8) is 0 Å². The number of rotatable bonds is 5. The van der Waals surface area contributed by atoms with Crippen LogP contribution in [0, 0.1) is 0 Å². The number of alkyl halides is 3. The lowest BCUT2D eigenvalue weighted by Crippen LogP contribution is -2.35. The maximum Gasteiger partial charge on any atom is 0.573 e. The maximum absolute atomic E-state index is 12.6. The molecule has 0 saturated carbocycles. The minimum absolute atomic E-state index is 0.136. The second-order valence-corrected chi connectivity index (χ2v) is 8.08. The standard InChI is InChI=1S/C19H15F3N4O4S/c20-19(21,22)30-15-3-1-2-4-16(15)31(27,28)25-12-5-7-13(8-6-12)26-11-24-18-14(17(26)23)9-10-29-18/h1-11,17,25H,23H2. The normalized spacial score (nSPS) is 16.1. The fourth-order valence-corrected chi connectivity index (χ4v) is 4.19. The first-order valence-electron chi connectivity index (χ1n) is 8.77. The van der Waals surface area contributed by atoms with Gasteiger partial charge in [-0.25, -0.2) is 13.4 Å². The van der Waals surface area contributed by atoms with Gasteiger partial charge in [-0.15, -0.1) is 13.2 Å². The summed E-state index contributed by atoms with van der Waals surface area (Å²) in [4.78, 5) is 5.17. The van der Waals surface area contributed by atoms with Crippen LogP contribution in [-0.4, -0.2) is 21.1 Å². The Morgan fingerprint density at radius 2 is 1.81 bits per heavy atom. The van der Waals surface area contributed by atoms with Gasteiger partial charge in [0.1, 0.15) is 23.1 Å². The Labute approximate surface area is 174 Å². The summed E-state index contributed by atoms with van der Waals surface area (Å²) in [6.07, 6.45) is -2.62. The van der Waals surface area contributed by atoms with E-state index >= 15 is 0 Å². The largest absolute Gasteiger partial charge is 0.573 e. The third kappa shape index (κ3) is 4.34. The number of halogens is 3. The van der Waals surface area contributed by atoms with Crippen molar-refractivity contribution < 1.29 is 30.7 Å². The molecule has 1 unspecified atom stereocenters. The lowest BCUT2D eigenvalue weighted by molar-refractivity contribution is -0.275. The van der Waals surface area contributed by atoms with E-state index in [0.717, 1.165) is 12.1 Å². The minimum atomic E-state index is -5.03. The third-order valence-electron chi connectivity index (χ3n) is 4.37. The topological polar surface area (TPSA) is 110 Å². The highest BCUT2D eigenvalue weighted by Crippen LogP contribution is 2.34. The van der Waals surface area contributed by atoms with Crippen molar-refractivity contribution in [1.29, 1.82) is 0 Å². The van der Waals surface area contributed by atoms with Gasteiger partial charge >= 0.3 is 6.36 Å². The highest BCUT2D eigenvalue weighted by atomic mass is 32.2. The number of anilines is 2. The van der Waals surface area contributed by atoms with E-state index in [-0.39, 0.29) is 5.69 Å². The number of hydrogen-bond acceptors (Lipinski definition) is 7. The van der Waals surface area contributed by atoms with Gasteiger partial charge in [0.25, 0.3) is 10.0 Å². The molecule has 31 heavy (non-hydrogen) atoms.